The molecule has 0 bridgehead atoms. The number of hydrogen-bond acceptors (Lipinski definition) is 7. The average molecular weight is 447 g/mol. The van der Waals surface area contributed by atoms with E-state index in [0.717, 1.165) is 53.9 Å². The lowest BCUT2D eigenvalue weighted by Gasteiger charge is -2.26. The quantitative estimate of drug-likeness (QED) is 0.466. The Hall–Kier alpha value is -3.72. The van der Waals surface area contributed by atoms with Crippen molar-refractivity contribution in [1.82, 2.24) is 30.1 Å². The average Bonchev–Trinajstić information content (AvgIpc) is 3.53. The third-order valence-electron chi connectivity index (χ3n) is 6.18. The molecule has 0 radical (unpaired) electrons. The van der Waals surface area contributed by atoms with Gasteiger partial charge in [0.15, 0.2) is 5.82 Å². The van der Waals surface area contributed by atoms with Crippen molar-refractivity contribution in [1.29, 1.82) is 0 Å². The number of fused-ring (bicyclic) bond motifs is 1. The van der Waals surface area contributed by atoms with Gasteiger partial charge in [-0.25, -0.2) is 4.68 Å². The van der Waals surface area contributed by atoms with E-state index in [1.54, 1.807) is 18.9 Å². The number of methoxy groups -OCH3 is 2. The zero-order chi connectivity index (χ0) is 22.8. The van der Waals surface area contributed by atoms with E-state index < -0.39 is 0 Å². The third kappa shape index (κ3) is 4.19. The number of tetrazole rings is 1. The molecule has 9 nitrogen and oxygen atoms in total. The van der Waals surface area contributed by atoms with Gasteiger partial charge in [-0.3, -0.25) is 9.69 Å². The normalized spacial score (nSPS) is 15.1. The first-order valence-corrected chi connectivity index (χ1v) is 11.0. The first-order valence-electron chi connectivity index (χ1n) is 11.0. The summed E-state index contributed by atoms with van der Waals surface area (Å²) < 4.78 is 12.4. The first-order chi connectivity index (χ1) is 16.2. The highest BCUT2D eigenvalue weighted by Gasteiger charge is 2.32. The van der Waals surface area contributed by atoms with Gasteiger partial charge in [-0.1, -0.05) is 12.1 Å². The van der Waals surface area contributed by atoms with Crippen LogP contribution in [0.25, 0.3) is 10.9 Å². The highest BCUT2D eigenvalue weighted by atomic mass is 16.5. The van der Waals surface area contributed by atoms with Crippen molar-refractivity contribution < 1.29 is 9.47 Å². The summed E-state index contributed by atoms with van der Waals surface area (Å²) in [5.74, 6) is 2.19. The largest absolute Gasteiger partial charge is 0.497 e. The van der Waals surface area contributed by atoms with Crippen molar-refractivity contribution in [2.24, 2.45) is 0 Å². The minimum absolute atomic E-state index is 0.136. The van der Waals surface area contributed by atoms with Crippen molar-refractivity contribution in [3.05, 3.63) is 75.8 Å². The van der Waals surface area contributed by atoms with Crippen molar-refractivity contribution in [3.63, 3.8) is 0 Å². The Morgan fingerprint density at radius 3 is 2.45 bits per heavy atom. The van der Waals surface area contributed by atoms with Crippen LogP contribution in [-0.2, 0) is 6.54 Å². The van der Waals surface area contributed by atoms with Gasteiger partial charge in [-0.05, 0) is 78.3 Å². The van der Waals surface area contributed by atoms with Gasteiger partial charge in [-0.2, -0.15) is 0 Å². The number of aromatic amines is 1. The van der Waals surface area contributed by atoms with Gasteiger partial charge in [0.05, 0.1) is 20.8 Å². The maximum absolute atomic E-state index is 13.2. The predicted octanol–water partition coefficient (Wildman–Crippen LogP) is 2.77. The Labute approximate surface area is 190 Å². The fourth-order valence-electron chi connectivity index (χ4n) is 4.45. The molecule has 1 saturated heterocycles. The van der Waals surface area contributed by atoms with Crippen LogP contribution in [0.2, 0.25) is 0 Å². The number of H-pyrrole nitrogens is 1. The Morgan fingerprint density at radius 2 is 1.73 bits per heavy atom. The molecule has 4 aromatic rings. The fourth-order valence-corrected chi connectivity index (χ4v) is 4.45. The minimum atomic E-state index is -0.347. The van der Waals surface area contributed by atoms with Crippen LogP contribution >= 0.6 is 0 Å². The zero-order valence-electron chi connectivity index (χ0n) is 18.7. The van der Waals surface area contributed by atoms with Crippen LogP contribution in [0.3, 0.4) is 0 Å². The molecule has 1 N–H and O–H groups in total. The number of aromatic nitrogens is 5. The number of ether oxygens (including phenoxy) is 2. The molecule has 5 rings (SSSR count). The van der Waals surface area contributed by atoms with Crippen LogP contribution in [0.15, 0.2) is 53.3 Å². The van der Waals surface area contributed by atoms with Crippen molar-refractivity contribution >= 4 is 10.9 Å². The Bertz CT molecular complexity index is 1310. The van der Waals surface area contributed by atoms with Crippen molar-refractivity contribution in [2.45, 2.75) is 25.4 Å². The van der Waals surface area contributed by atoms with Crippen LogP contribution < -0.4 is 15.0 Å². The number of benzene rings is 2. The van der Waals surface area contributed by atoms with Crippen molar-refractivity contribution in [2.75, 3.05) is 27.3 Å². The molecule has 33 heavy (non-hydrogen) atoms. The summed E-state index contributed by atoms with van der Waals surface area (Å²) in [5, 5.41) is 13.5. The van der Waals surface area contributed by atoms with Crippen LogP contribution in [-0.4, -0.2) is 57.4 Å². The molecule has 0 saturated carbocycles. The van der Waals surface area contributed by atoms with E-state index in [4.69, 9.17) is 9.47 Å². The van der Waals surface area contributed by atoms with Crippen LogP contribution in [0, 0.1) is 0 Å². The van der Waals surface area contributed by atoms with Crippen LogP contribution in [0.5, 0.6) is 11.5 Å². The second kappa shape index (κ2) is 9.03. The molecule has 1 fully saturated rings. The van der Waals surface area contributed by atoms with E-state index in [9.17, 15) is 4.79 Å². The molecule has 0 aliphatic carbocycles. The van der Waals surface area contributed by atoms with E-state index in [0.29, 0.717) is 17.9 Å². The molecule has 0 amide bonds. The number of likely N-dealkylation sites (tertiary alicyclic amines) is 1. The molecular weight excluding hydrogens is 420 g/mol. The summed E-state index contributed by atoms with van der Waals surface area (Å²) in [4.78, 5) is 18.5. The molecule has 0 spiro atoms. The Balaban J connectivity index is 1.58. The summed E-state index contributed by atoms with van der Waals surface area (Å²) in [6.07, 6.45) is 2.16. The molecule has 2 aromatic heterocycles. The van der Waals surface area contributed by atoms with Gasteiger partial charge in [0, 0.05) is 16.5 Å². The van der Waals surface area contributed by atoms with E-state index >= 15 is 0 Å². The lowest BCUT2D eigenvalue weighted by atomic mass is 10.0. The standard InChI is InChI=1S/C24H26N6O3/c1-32-18-7-5-16(6-8-18)15-30-23(26-27-28-30)22(29-11-3-4-12-29)20-14-17-13-19(33-2)9-10-21(17)25-24(20)31/h5-10,13-14,22H,3-4,11-12,15H2,1-2H3,(H,25,31). The van der Waals surface area contributed by atoms with Crippen LogP contribution in [0.1, 0.15) is 35.8 Å². The maximum atomic E-state index is 13.2. The summed E-state index contributed by atoms with van der Waals surface area (Å²) >= 11 is 0. The summed E-state index contributed by atoms with van der Waals surface area (Å²) in [7, 11) is 3.28. The van der Waals surface area contributed by atoms with Crippen molar-refractivity contribution in [3.8, 4) is 11.5 Å². The molecular formula is C24H26N6O3. The first kappa shape index (κ1) is 21.1. The lowest BCUT2D eigenvalue weighted by molar-refractivity contribution is 0.263. The molecule has 3 heterocycles. The molecule has 1 aliphatic rings. The summed E-state index contributed by atoms with van der Waals surface area (Å²) in [5.41, 5.74) is 2.30. The topological polar surface area (TPSA) is 98.2 Å². The highest BCUT2D eigenvalue weighted by molar-refractivity contribution is 5.80. The smallest absolute Gasteiger partial charge is 0.253 e. The van der Waals surface area contributed by atoms with E-state index in [2.05, 4.69) is 25.4 Å². The molecule has 170 valence electrons. The van der Waals surface area contributed by atoms with E-state index in [1.807, 2.05) is 48.5 Å². The second-order valence-corrected chi connectivity index (χ2v) is 8.20. The molecule has 9 heteroatoms. The zero-order valence-corrected chi connectivity index (χ0v) is 18.7. The lowest BCUT2D eigenvalue weighted by Crippen LogP contribution is -2.33. The summed E-state index contributed by atoms with van der Waals surface area (Å²) in [6.45, 7) is 2.27. The number of pyridine rings is 1. The monoisotopic (exact) mass is 446 g/mol. The van der Waals surface area contributed by atoms with Gasteiger partial charge in [-0.15, -0.1) is 5.10 Å². The fraction of sp³-hybridized carbons (Fsp3) is 0.333. The molecule has 2 aromatic carbocycles. The third-order valence-corrected chi connectivity index (χ3v) is 6.18. The number of hydrogen-bond donors (Lipinski definition) is 1. The maximum Gasteiger partial charge on any atom is 0.253 e. The van der Waals surface area contributed by atoms with Gasteiger partial charge >= 0.3 is 0 Å². The van der Waals surface area contributed by atoms with Gasteiger partial charge in [0.2, 0.25) is 0 Å². The van der Waals surface area contributed by atoms with Gasteiger partial charge in [0.25, 0.3) is 5.56 Å². The number of rotatable bonds is 7. The summed E-state index contributed by atoms with van der Waals surface area (Å²) in [6, 6.07) is 15.0. The minimum Gasteiger partial charge on any atom is -0.497 e. The molecule has 1 unspecified atom stereocenters. The second-order valence-electron chi connectivity index (χ2n) is 8.20. The van der Waals surface area contributed by atoms with E-state index in [-0.39, 0.29) is 11.6 Å². The Kier molecular flexibility index (Phi) is 5.78. The number of nitrogens with one attached hydrogen (secondary N) is 1. The number of nitrogens with zero attached hydrogens (tertiary/aromatic N) is 5. The Morgan fingerprint density at radius 1 is 1.00 bits per heavy atom. The van der Waals surface area contributed by atoms with Crippen LogP contribution in [0.4, 0.5) is 0 Å². The molecule has 1 atom stereocenters. The van der Waals surface area contributed by atoms with Gasteiger partial charge in [0.1, 0.15) is 17.5 Å². The SMILES string of the molecule is COc1ccc(Cn2nnnc2C(c2cc3cc(OC)ccc3[nH]c2=O)N2CCCC2)cc1. The molecule has 1 aliphatic heterocycles. The van der Waals surface area contributed by atoms with Gasteiger partial charge < -0.3 is 14.5 Å². The highest BCUT2D eigenvalue weighted by Crippen LogP contribution is 2.30. The van der Waals surface area contributed by atoms with E-state index in [1.165, 1.54) is 0 Å². The predicted molar refractivity (Wildman–Crippen MR) is 124 cm³/mol.